The minimum Gasteiger partial charge on any atom is -0.481 e. The molecule has 1 N–H and O–H groups in total. The zero-order valence-electron chi connectivity index (χ0n) is 12.2. The van der Waals surface area contributed by atoms with E-state index in [9.17, 15) is 14.4 Å². The molecule has 2 fully saturated rings. The monoisotopic (exact) mass is 300 g/mol. The Hall–Kier alpha value is -1.83. The molecule has 2 heterocycles. The Kier molecular flexibility index (Phi) is 4.66. The molecule has 0 aromatic carbocycles. The van der Waals surface area contributed by atoms with E-state index < -0.39 is 23.9 Å². The first-order chi connectivity index (χ1) is 9.95. The number of amides is 2. The summed E-state index contributed by atoms with van der Waals surface area (Å²) in [6.07, 6.45) is 0. The third kappa shape index (κ3) is 3.10. The smallest absolute Gasteiger partial charge is 0.331 e. The minimum absolute atomic E-state index is 0.101. The van der Waals surface area contributed by atoms with Gasteiger partial charge in [0, 0.05) is 19.6 Å². The number of carboxylic acids is 1. The molecule has 8 heteroatoms. The van der Waals surface area contributed by atoms with Crippen LogP contribution in [0.4, 0.5) is 4.79 Å². The molecule has 2 aliphatic rings. The minimum atomic E-state index is -0.899. The molecule has 0 aromatic heterocycles. The van der Waals surface area contributed by atoms with Crippen LogP contribution >= 0.6 is 0 Å². The number of carboxylic acid groups (broad SMARTS) is 1. The van der Waals surface area contributed by atoms with Crippen LogP contribution < -0.4 is 0 Å². The fraction of sp³-hybridized carbons (Fsp3) is 0.769. The molecule has 0 bridgehead atoms. The van der Waals surface area contributed by atoms with Gasteiger partial charge in [0.2, 0.25) is 0 Å². The number of rotatable bonds is 2. The molecule has 118 valence electrons. The number of morpholine rings is 1. The van der Waals surface area contributed by atoms with Crippen molar-refractivity contribution in [2.24, 2.45) is 11.8 Å². The molecule has 0 aliphatic carbocycles. The summed E-state index contributed by atoms with van der Waals surface area (Å²) in [6, 6.07) is -1.10. The molecule has 0 radical (unpaired) electrons. The summed E-state index contributed by atoms with van der Waals surface area (Å²) in [5.74, 6) is -2.09. The number of nitrogens with zero attached hydrogens (tertiary/aromatic N) is 2. The normalized spacial score (nSPS) is 29.3. The van der Waals surface area contributed by atoms with Gasteiger partial charge < -0.3 is 24.4 Å². The molecule has 0 spiro atoms. The number of carbonyl (C=O) groups is 3. The van der Waals surface area contributed by atoms with Gasteiger partial charge in [-0.2, -0.15) is 0 Å². The Labute approximate surface area is 122 Å². The summed E-state index contributed by atoms with van der Waals surface area (Å²) < 4.78 is 9.91. The van der Waals surface area contributed by atoms with E-state index in [1.165, 1.54) is 16.9 Å². The third-order valence-corrected chi connectivity index (χ3v) is 4.05. The summed E-state index contributed by atoms with van der Waals surface area (Å²) in [5.41, 5.74) is 0. The molecule has 2 rings (SSSR count). The van der Waals surface area contributed by atoms with Gasteiger partial charge >= 0.3 is 18.0 Å². The van der Waals surface area contributed by atoms with Crippen LogP contribution in [-0.2, 0) is 19.1 Å². The second-order valence-corrected chi connectivity index (χ2v) is 5.42. The van der Waals surface area contributed by atoms with Crippen LogP contribution in [0.2, 0.25) is 0 Å². The average molecular weight is 300 g/mol. The third-order valence-electron chi connectivity index (χ3n) is 4.05. The first-order valence-corrected chi connectivity index (χ1v) is 6.89. The zero-order chi connectivity index (χ0) is 15.6. The van der Waals surface area contributed by atoms with Crippen molar-refractivity contribution >= 4 is 18.0 Å². The van der Waals surface area contributed by atoms with Crippen LogP contribution in [0, 0.1) is 11.8 Å². The fourth-order valence-electron chi connectivity index (χ4n) is 2.79. The number of likely N-dealkylation sites (tertiary alicyclic amines) is 1. The van der Waals surface area contributed by atoms with E-state index in [0.717, 1.165) is 0 Å². The van der Waals surface area contributed by atoms with Crippen LogP contribution in [-0.4, -0.2) is 78.9 Å². The summed E-state index contributed by atoms with van der Waals surface area (Å²) in [4.78, 5) is 38.3. The first kappa shape index (κ1) is 15.6. The van der Waals surface area contributed by atoms with Gasteiger partial charge in [0.15, 0.2) is 6.04 Å². The zero-order valence-corrected chi connectivity index (χ0v) is 12.2. The van der Waals surface area contributed by atoms with Crippen molar-refractivity contribution in [1.82, 2.24) is 9.80 Å². The van der Waals surface area contributed by atoms with Crippen LogP contribution in [0.25, 0.3) is 0 Å². The summed E-state index contributed by atoms with van der Waals surface area (Å²) in [7, 11) is 1.26. The van der Waals surface area contributed by atoms with Gasteiger partial charge in [-0.05, 0) is 5.92 Å². The first-order valence-electron chi connectivity index (χ1n) is 6.89. The Morgan fingerprint density at radius 2 is 2.00 bits per heavy atom. The van der Waals surface area contributed by atoms with Gasteiger partial charge in [-0.1, -0.05) is 6.92 Å². The number of ether oxygens (including phenoxy) is 2. The standard InChI is InChI=1S/C13H20N2O6/c1-8-5-14(6-9(8)11(16)17)13(19)15-3-4-21-7-10(15)12(18)20-2/h8-10H,3-7H2,1-2H3,(H,16,17). The summed E-state index contributed by atoms with van der Waals surface area (Å²) in [6.45, 7) is 3.10. The lowest BCUT2D eigenvalue weighted by Gasteiger charge is -2.36. The number of esters is 1. The maximum Gasteiger partial charge on any atom is 0.331 e. The van der Waals surface area contributed by atoms with Gasteiger partial charge in [0.25, 0.3) is 0 Å². The van der Waals surface area contributed by atoms with Crippen molar-refractivity contribution < 1.29 is 29.0 Å². The van der Waals surface area contributed by atoms with Crippen LogP contribution in [0.5, 0.6) is 0 Å². The van der Waals surface area contributed by atoms with Gasteiger partial charge in [-0.3, -0.25) is 4.79 Å². The van der Waals surface area contributed by atoms with Gasteiger partial charge in [0.05, 0.1) is 26.2 Å². The highest BCUT2D eigenvalue weighted by Crippen LogP contribution is 2.25. The van der Waals surface area contributed by atoms with Crippen molar-refractivity contribution in [3.63, 3.8) is 0 Å². The predicted molar refractivity (Wildman–Crippen MR) is 70.6 cm³/mol. The van der Waals surface area contributed by atoms with Crippen molar-refractivity contribution in [2.75, 3.05) is 40.0 Å². The van der Waals surface area contributed by atoms with Crippen molar-refractivity contribution in [1.29, 1.82) is 0 Å². The second-order valence-electron chi connectivity index (χ2n) is 5.42. The Morgan fingerprint density at radius 1 is 1.29 bits per heavy atom. The summed E-state index contributed by atoms with van der Waals surface area (Å²) in [5, 5.41) is 9.13. The Morgan fingerprint density at radius 3 is 2.57 bits per heavy atom. The highest BCUT2D eigenvalue weighted by atomic mass is 16.5. The molecule has 2 amide bonds. The predicted octanol–water partition coefficient (Wildman–Crippen LogP) is -0.367. The van der Waals surface area contributed by atoms with E-state index in [1.54, 1.807) is 0 Å². The van der Waals surface area contributed by atoms with Crippen LogP contribution in [0.1, 0.15) is 6.92 Å². The highest BCUT2D eigenvalue weighted by Gasteiger charge is 2.42. The van der Waals surface area contributed by atoms with Gasteiger partial charge in [-0.15, -0.1) is 0 Å². The van der Waals surface area contributed by atoms with Crippen molar-refractivity contribution in [2.45, 2.75) is 13.0 Å². The number of carbonyl (C=O) groups excluding carboxylic acids is 2. The summed E-state index contributed by atoms with van der Waals surface area (Å²) >= 11 is 0. The van der Waals surface area contributed by atoms with E-state index in [4.69, 9.17) is 9.84 Å². The van der Waals surface area contributed by atoms with Crippen LogP contribution in [0.3, 0.4) is 0 Å². The maximum atomic E-state index is 12.5. The molecule has 0 aromatic rings. The highest BCUT2D eigenvalue weighted by molar-refractivity contribution is 5.84. The van der Waals surface area contributed by atoms with E-state index in [1.807, 2.05) is 6.92 Å². The molecular weight excluding hydrogens is 280 g/mol. The van der Waals surface area contributed by atoms with E-state index in [0.29, 0.717) is 19.7 Å². The van der Waals surface area contributed by atoms with Crippen molar-refractivity contribution in [3.8, 4) is 0 Å². The van der Waals surface area contributed by atoms with Gasteiger partial charge in [0.1, 0.15) is 0 Å². The second kappa shape index (κ2) is 6.30. The molecule has 2 aliphatic heterocycles. The molecule has 8 nitrogen and oxygen atoms in total. The average Bonchev–Trinajstić information content (AvgIpc) is 2.88. The number of urea groups is 1. The Balaban J connectivity index is 2.08. The van der Waals surface area contributed by atoms with Crippen LogP contribution in [0.15, 0.2) is 0 Å². The fourth-order valence-corrected chi connectivity index (χ4v) is 2.79. The number of hydrogen-bond donors (Lipinski definition) is 1. The quantitative estimate of drug-likeness (QED) is 0.699. The number of methoxy groups -OCH3 is 1. The topological polar surface area (TPSA) is 96.4 Å². The SMILES string of the molecule is COC(=O)C1COCCN1C(=O)N1CC(C)C(C(=O)O)C1. The number of hydrogen-bond acceptors (Lipinski definition) is 5. The molecule has 3 unspecified atom stereocenters. The largest absolute Gasteiger partial charge is 0.481 e. The lowest BCUT2D eigenvalue weighted by molar-refractivity contribution is -0.151. The van der Waals surface area contributed by atoms with Gasteiger partial charge in [-0.25, -0.2) is 9.59 Å². The Bertz CT molecular complexity index is 440. The molecule has 0 saturated carbocycles. The lowest BCUT2D eigenvalue weighted by Crippen LogP contribution is -2.56. The lowest BCUT2D eigenvalue weighted by atomic mass is 9.99. The molecule has 3 atom stereocenters. The van der Waals surface area contributed by atoms with E-state index >= 15 is 0 Å². The molecule has 2 saturated heterocycles. The van der Waals surface area contributed by atoms with Crippen molar-refractivity contribution in [3.05, 3.63) is 0 Å². The molecule has 21 heavy (non-hydrogen) atoms. The number of aliphatic carboxylic acids is 1. The van der Waals surface area contributed by atoms with E-state index in [2.05, 4.69) is 4.74 Å². The van der Waals surface area contributed by atoms with E-state index in [-0.39, 0.29) is 25.1 Å². The molecular formula is C13H20N2O6. The maximum absolute atomic E-state index is 12.5.